The number of hydrogen-bond donors (Lipinski definition) is 0. The van der Waals surface area contributed by atoms with E-state index in [9.17, 15) is 0 Å². The summed E-state index contributed by atoms with van der Waals surface area (Å²) < 4.78 is 0. The van der Waals surface area contributed by atoms with E-state index in [2.05, 4.69) is 26.5 Å². The van der Waals surface area contributed by atoms with Crippen LogP contribution < -0.4 is 0 Å². The maximum Gasteiger partial charge on any atom is -0.0323 e. The molecule has 0 aliphatic rings. The van der Waals surface area contributed by atoms with Crippen molar-refractivity contribution >= 4 is 0 Å². The summed E-state index contributed by atoms with van der Waals surface area (Å²) in [4.78, 5) is 0. The smallest absolute Gasteiger partial charge is 0.0323 e. The van der Waals surface area contributed by atoms with E-state index in [1.165, 1.54) is 57.8 Å². The third-order valence-corrected chi connectivity index (χ3v) is 2.78. The van der Waals surface area contributed by atoms with Crippen molar-refractivity contribution in [1.82, 2.24) is 0 Å². The average Bonchev–Trinajstić information content (AvgIpc) is 2.23. The van der Waals surface area contributed by atoms with Crippen LogP contribution in [0.15, 0.2) is 24.3 Å². The zero-order chi connectivity index (χ0) is 11.4. The van der Waals surface area contributed by atoms with Crippen molar-refractivity contribution in [3.8, 4) is 0 Å². The van der Waals surface area contributed by atoms with E-state index in [1.54, 1.807) is 5.57 Å². The predicted octanol–water partition coefficient (Wildman–Crippen LogP) is 5.65. The summed E-state index contributed by atoms with van der Waals surface area (Å²) in [7, 11) is 0. The van der Waals surface area contributed by atoms with Gasteiger partial charge in [-0.25, -0.2) is 0 Å². The van der Waals surface area contributed by atoms with Crippen LogP contribution in [-0.2, 0) is 0 Å². The van der Waals surface area contributed by atoms with Crippen LogP contribution in [0.2, 0.25) is 0 Å². The van der Waals surface area contributed by atoms with Gasteiger partial charge >= 0.3 is 0 Å². The Morgan fingerprint density at radius 1 is 1.00 bits per heavy atom. The molecular weight excluding hydrogens is 180 g/mol. The third-order valence-electron chi connectivity index (χ3n) is 2.78. The van der Waals surface area contributed by atoms with Gasteiger partial charge in [0.25, 0.3) is 0 Å². The van der Waals surface area contributed by atoms with Gasteiger partial charge in [0.05, 0.1) is 0 Å². The quantitative estimate of drug-likeness (QED) is 0.321. The van der Waals surface area contributed by atoms with Crippen molar-refractivity contribution in [1.29, 1.82) is 0 Å². The Morgan fingerprint density at radius 3 is 2.40 bits per heavy atom. The van der Waals surface area contributed by atoms with Crippen LogP contribution in [0.5, 0.6) is 0 Å². The molecule has 0 aromatic carbocycles. The molecule has 0 fully saturated rings. The molecule has 0 aromatic rings. The lowest BCUT2D eigenvalue weighted by Gasteiger charge is -2.01. The second-order valence-electron chi connectivity index (χ2n) is 4.43. The second-order valence-corrected chi connectivity index (χ2v) is 4.43. The Labute approximate surface area is 96.5 Å². The lowest BCUT2D eigenvalue weighted by Crippen LogP contribution is -1.81. The van der Waals surface area contributed by atoms with Gasteiger partial charge in [0, 0.05) is 0 Å². The first kappa shape index (κ1) is 14.5. The molecule has 0 unspecified atom stereocenters. The fourth-order valence-corrected chi connectivity index (χ4v) is 1.70. The van der Waals surface area contributed by atoms with E-state index in [-0.39, 0.29) is 0 Å². The van der Waals surface area contributed by atoms with Gasteiger partial charge in [-0.3, -0.25) is 0 Å². The zero-order valence-electron chi connectivity index (χ0n) is 10.7. The number of unbranched alkanes of at least 4 members (excludes halogenated alkanes) is 6. The van der Waals surface area contributed by atoms with E-state index in [0.29, 0.717) is 0 Å². The molecule has 88 valence electrons. The van der Waals surface area contributed by atoms with Crippen LogP contribution in [0.3, 0.4) is 0 Å². The van der Waals surface area contributed by atoms with Crippen molar-refractivity contribution < 1.29 is 0 Å². The minimum Gasteiger partial charge on any atom is -0.103 e. The number of rotatable bonds is 10. The van der Waals surface area contributed by atoms with Gasteiger partial charge < -0.3 is 0 Å². The molecule has 0 heterocycles. The minimum atomic E-state index is 1.19. The minimum absolute atomic E-state index is 1.19. The maximum absolute atomic E-state index is 3.74. The first-order valence-electron chi connectivity index (χ1n) is 6.57. The summed E-state index contributed by atoms with van der Waals surface area (Å²) in [5.41, 5.74) is 1.59. The lowest BCUT2D eigenvalue weighted by molar-refractivity contribution is 0.643. The van der Waals surface area contributed by atoms with Crippen molar-refractivity contribution in [3.63, 3.8) is 0 Å². The Kier molecular flexibility index (Phi) is 11.2. The number of hydrogen-bond acceptors (Lipinski definition) is 0. The molecule has 0 spiro atoms. The van der Waals surface area contributed by atoms with Crippen LogP contribution in [0, 0.1) is 0 Å². The van der Waals surface area contributed by atoms with Gasteiger partial charge in [0.2, 0.25) is 0 Å². The van der Waals surface area contributed by atoms with Crippen LogP contribution in [0.1, 0.15) is 71.6 Å². The van der Waals surface area contributed by atoms with Gasteiger partial charge in [-0.1, -0.05) is 50.3 Å². The maximum atomic E-state index is 3.74. The highest BCUT2D eigenvalue weighted by molar-refractivity contribution is 4.97. The lowest BCUT2D eigenvalue weighted by atomic mass is 10.1. The fourth-order valence-electron chi connectivity index (χ4n) is 1.70. The van der Waals surface area contributed by atoms with Crippen molar-refractivity contribution in [2.45, 2.75) is 71.6 Å². The summed E-state index contributed by atoms with van der Waals surface area (Å²) in [5.74, 6) is 0. The molecule has 0 nitrogen and oxygen atoms in total. The van der Waals surface area contributed by atoms with Crippen molar-refractivity contribution in [2.24, 2.45) is 0 Å². The van der Waals surface area contributed by atoms with E-state index in [1.807, 2.05) is 6.08 Å². The highest BCUT2D eigenvalue weighted by atomic mass is 14.0. The van der Waals surface area contributed by atoms with E-state index in [0.717, 1.165) is 0 Å². The van der Waals surface area contributed by atoms with Gasteiger partial charge in [0.1, 0.15) is 0 Å². The van der Waals surface area contributed by atoms with E-state index >= 15 is 0 Å². The number of allylic oxidation sites excluding steroid dienone is 3. The summed E-state index contributed by atoms with van der Waals surface area (Å²) in [5, 5.41) is 0. The summed E-state index contributed by atoms with van der Waals surface area (Å²) in [6.45, 7) is 8.27. The molecule has 0 amide bonds. The summed E-state index contributed by atoms with van der Waals surface area (Å²) in [6.07, 6.45) is 16.3. The van der Waals surface area contributed by atoms with Crippen molar-refractivity contribution in [2.75, 3.05) is 0 Å². The molecular formula is C15H28. The normalized spacial score (nSPS) is 11.7. The summed E-state index contributed by atoms with van der Waals surface area (Å²) >= 11 is 0. The Morgan fingerprint density at radius 2 is 1.73 bits per heavy atom. The fraction of sp³-hybridized carbons (Fsp3) is 0.733. The molecule has 0 saturated heterocycles. The van der Waals surface area contributed by atoms with E-state index < -0.39 is 0 Å². The largest absolute Gasteiger partial charge is 0.103 e. The molecule has 0 aliphatic heterocycles. The Balaban J connectivity index is 3.26. The third kappa shape index (κ3) is 11.4. The molecule has 0 bridgehead atoms. The standard InChI is InChI=1S/C15H28/c1-4-6-8-9-10-12-14-15(3)13-11-7-5-2/h4,13H,1,5-12,14H2,2-3H3. The highest BCUT2D eigenvalue weighted by Crippen LogP contribution is 2.12. The molecule has 0 atom stereocenters. The highest BCUT2D eigenvalue weighted by Gasteiger charge is 1.92. The topological polar surface area (TPSA) is 0 Å². The van der Waals surface area contributed by atoms with Gasteiger partial charge in [-0.2, -0.15) is 0 Å². The monoisotopic (exact) mass is 208 g/mol. The van der Waals surface area contributed by atoms with Crippen molar-refractivity contribution in [3.05, 3.63) is 24.3 Å². The molecule has 0 radical (unpaired) electrons. The van der Waals surface area contributed by atoms with Crippen LogP contribution in [0.25, 0.3) is 0 Å². The second kappa shape index (κ2) is 11.6. The zero-order valence-corrected chi connectivity index (χ0v) is 10.7. The first-order valence-corrected chi connectivity index (χ1v) is 6.57. The SMILES string of the molecule is C=CCCCCCCC(C)=CCCCC. The molecule has 0 aromatic heterocycles. The van der Waals surface area contributed by atoms with Gasteiger partial charge in [-0.15, -0.1) is 6.58 Å². The van der Waals surface area contributed by atoms with Gasteiger partial charge in [0.15, 0.2) is 0 Å². The van der Waals surface area contributed by atoms with Crippen LogP contribution in [-0.4, -0.2) is 0 Å². The van der Waals surface area contributed by atoms with Crippen LogP contribution in [0.4, 0.5) is 0 Å². The predicted molar refractivity (Wildman–Crippen MR) is 71.2 cm³/mol. The summed E-state index contributed by atoms with van der Waals surface area (Å²) in [6, 6.07) is 0. The Bertz CT molecular complexity index is 165. The molecule has 0 saturated carbocycles. The molecule has 0 aliphatic carbocycles. The van der Waals surface area contributed by atoms with Gasteiger partial charge in [-0.05, 0) is 39.0 Å². The van der Waals surface area contributed by atoms with E-state index in [4.69, 9.17) is 0 Å². The molecule has 0 heteroatoms. The first-order chi connectivity index (χ1) is 7.31. The Hall–Kier alpha value is -0.520. The van der Waals surface area contributed by atoms with Crippen LogP contribution >= 0.6 is 0 Å². The molecule has 15 heavy (non-hydrogen) atoms. The molecule has 0 rings (SSSR count). The average molecular weight is 208 g/mol. The molecule has 0 N–H and O–H groups in total.